The highest BCUT2D eigenvalue weighted by atomic mass is 35.5. The maximum atomic E-state index is 12.8. The number of imide groups is 1. The Labute approximate surface area is 166 Å². The van der Waals surface area contributed by atoms with E-state index in [1.54, 1.807) is 38.4 Å². The van der Waals surface area contributed by atoms with Gasteiger partial charge in [0.1, 0.15) is 0 Å². The molecule has 0 fully saturated rings. The summed E-state index contributed by atoms with van der Waals surface area (Å²) in [5.74, 6) is -2.24. The summed E-state index contributed by atoms with van der Waals surface area (Å²) in [5, 5.41) is 0.257. The molecule has 7 nitrogen and oxygen atoms in total. The van der Waals surface area contributed by atoms with Crippen LogP contribution in [0.3, 0.4) is 0 Å². The van der Waals surface area contributed by atoms with Gasteiger partial charge in [0.2, 0.25) is 0 Å². The van der Waals surface area contributed by atoms with Crippen LogP contribution >= 0.6 is 11.6 Å². The van der Waals surface area contributed by atoms with Gasteiger partial charge < -0.3 is 9.64 Å². The van der Waals surface area contributed by atoms with E-state index >= 15 is 0 Å². The predicted octanol–water partition coefficient (Wildman–Crippen LogP) is 2.77. The molecule has 2 aromatic carbocycles. The molecule has 0 saturated carbocycles. The fraction of sp³-hybridized carbons (Fsp3) is 0.200. The first-order valence-corrected chi connectivity index (χ1v) is 8.79. The summed E-state index contributed by atoms with van der Waals surface area (Å²) in [7, 11) is 3.10. The van der Waals surface area contributed by atoms with Gasteiger partial charge in [0.15, 0.2) is 6.10 Å². The van der Waals surface area contributed by atoms with E-state index in [1.165, 1.54) is 30.0 Å². The Morgan fingerprint density at radius 2 is 1.68 bits per heavy atom. The lowest BCUT2D eigenvalue weighted by atomic mass is 10.1. The van der Waals surface area contributed by atoms with Crippen LogP contribution in [0, 0.1) is 0 Å². The molecule has 1 aliphatic rings. The van der Waals surface area contributed by atoms with Crippen molar-refractivity contribution in [2.45, 2.75) is 13.0 Å². The highest BCUT2D eigenvalue weighted by molar-refractivity contribution is 6.39. The standard InChI is InChI=1S/C20H17ClN2O5/c1-11(17(24)22(2)3)28-20(27)12-8-9-13-14(10-12)19(26)23(18(13)25)16-7-5-4-6-15(16)21/h4-11H,1-3H3/t11-/m0/s1. The largest absolute Gasteiger partial charge is 0.449 e. The molecule has 0 aliphatic carbocycles. The zero-order valence-corrected chi connectivity index (χ0v) is 16.2. The number of hydrogen-bond acceptors (Lipinski definition) is 5. The fourth-order valence-electron chi connectivity index (χ4n) is 2.86. The molecule has 2 aromatic rings. The summed E-state index contributed by atoms with van der Waals surface area (Å²) in [4.78, 5) is 51.9. The molecular weight excluding hydrogens is 384 g/mol. The van der Waals surface area contributed by atoms with Gasteiger partial charge in [0, 0.05) is 14.1 Å². The lowest BCUT2D eigenvalue weighted by Gasteiger charge is -2.17. The summed E-state index contributed by atoms with van der Waals surface area (Å²) in [6.45, 7) is 1.46. The first-order chi connectivity index (χ1) is 13.2. The topological polar surface area (TPSA) is 84.0 Å². The third-order valence-corrected chi connectivity index (χ3v) is 4.61. The number of likely N-dealkylation sites (N-methyl/N-ethyl adjacent to an activating group) is 1. The van der Waals surface area contributed by atoms with Gasteiger partial charge in [-0.15, -0.1) is 0 Å². The smallest absolute Gasteiger partial charge is 0.338 e. The Morgan fingerprint density at radius 3 is 2.32 bits per heavy atom. The first-order valence-electron chi connectivity index (χ1n) is 8.42. The number of para-hydroxylation sites is 1. The number of carbonyl (C=O) groups is 4. The van der Waals surface area contributed by atoms with Crippen molar-refractivity contribution in [1.29, 1.82) is 0 Å². The quantitative estimate of drug-likeness (QED) is 0.582. The first kappa shape index (κ1) is 19.6. The SMILES string of the molecule is C[C@H](OC(=O)c1ccc2c(c1)C(=O)N(c1ccccc1Cl)C2=O)C(=O)N(C)C. The van der Waals surface area contributed by atoms with Crippen LogP contribution in [-0.4, -0.2) is 48.8 Å². The van der Waals surface area contributed by atoms with E-state index in [-0.39, 0.29) is 33.3 Å². The van der Waals surface area contributed by atoms with E-state index in [2.05, 4.69) is 0 Å². The predicted molar refractivity (Wildman–Crippen MR) is 103 cm³/mol. The van der Waals surface area contributed by atoms with Gasteiger partial charge in [-0.3, -0.25) is 14.4 Å². The maximum absolute atomic E-state index is 12.8. The number of anilines is 1. The number of fused-ring (bicyclic) bond motifs is 1. The number of carbonyl (C=O) groups excluding carboxylic acids is 4. The number of rotatable bonds is 4. The monoisotopic (exact) mass is 400 g/mol. The molecule has 3 amide bonds. The number of nitrogens with zero attached hydrogens (tertiary/aromatic N) is 2. The van der Waals surface area contributed by atoms with E-state index in [1.807, 2.05) is 0 Å². The number of amides is 3. The summed E-state index contributed by atoms with van der Waals surface area (Å²) >= 11 is 6.12. The molecule has 0 radical (unpaired) electrons. The molecule has 0 N–H and O–H groups in total. The number of hydrogen-bond donors (Lipinski definition) is 0. The van der Waals surface area contributed by atoms with Crippen molar-refractivity contribution in [3.63, 3.8) is 0 Å². The van der Waals surface area contributed by atoms with Crippen LogP contribution in [0.5, 0.6) is 0 Å². The third kappa shape index (κ3) is 3.36. The van der Waals surface area contributed by atoms with Crippen LogP contribution < -0.4 is 4.90 Å². The maximum Gasteiger partial charge on any atom is 0.338 e. The molecule has 3 rings (SSSR count). The molecule has 8 heteroatoms. The average molecular weight is 401 g/mol. The molecule has 28 heavy (non-hydrogen) atoms. The Hall–Kier alpha value is -3.19. The zero-order chi connectivity index (χ0) is 20.6. The molecule has 1 heterocycles. The minimum Gasteiger partial charge on any atom is -0.449 e. The molecule has 144 valence electrons. The molecule has 0 unspecified atom stereocenters. The fourth-order valence-corrected chi connectivity index (χ4v) is 3.08. The van der Waals surface area contributed by atoms with Crippen molar-refractivity contribution >= 4 is 41.0 Å². The zero-order valence-electron chi connectivity index (χ0n) is 15.4. The number of esters is 1. The summed E-state index contributed by atoms with van der Waals surface area (Å²) in [5.41, 5.74) is 0.578. The molecule has 0 bridgehead atoms. The molecule has 0 spiro atoms. The van der Waals surface area contributed by atoms with Crippen LogP contribution in [0.1, 0.15) is 38.0 Å². The van der Waals surface area contributed by atoms with Gasteiger partial charge in [-0.25, -0.2) is 9.69 Å². The Morgan fingerprint density at radius 1 is 1.04 bits per heavy atom. The second-order valence-electron chi connectivity index (χ2n) is 6.44. The molecule has 1 aliphatic heterocycles. The highest BCUT2D eigenvalue weighted by Gasteiger charge is 2.38. The third-order valence-electron chi connectivity index (χ3n) is 4.29. The van der Waals surface area contributed by atoms with Crippen LogP contribution in [0.15, 0.2) is 42.5 Å². The minimum absolute atomic E-state index is 0.0688. The number of ether oxygens (including phenoxy) is 1. The van der Waals surface area contributed by atoms with Crippen molar-refractivity contribution in [3.8, 4) is 0 Å². The van der Waals surface area contributed by atoms with Gasteiger partial charge in [-0.05, 0) is 37.3 Å². The van der Waals surface area contributed by atoms with Gasteiger partial charge in [0.05, 0.1) is 27.4 Å². The van der Waals surface area contributed by atoms with Crippen LogP contribution in [0.2, 0.25) is 5.02 Å². The Bertz CT molecular complexity index is 1000. The lowest BCUT2D eigenvalue weighted by Crippen LogP contribution is -2.34. The average Bonchev–Trinajstić information content (AvgIpc) is 2.91. The van der Waals surface area contributed by atoms with E-state index < -0.39 is 23.9 Å². The van der Waals surface area contributed by atoms with Gasteiger partial charge >= 0.3 is 5.97 Å². The van der Waals surface area contributed by atoms with Gasteiger partial charge in [-0.2, -0.15) is 0 Å². The van der Waals surface area contributed by atoms with Crippen LogP contribution in [0.4, 0.5) is 5.69 Å². The Balaban J connectivity index is 1.89. The van der Waals surface area contributed by atoms with Gasteiger partial charge in [0.25, 0.3) is 17.7 Å². The van der Waals surface area contributed by atoms with E-state index in [0.717, 1.165) is 4.90 Å². The van der Waals surface area contributed by atoms with Crippen molar-refractivity contribution in [3.05, 3.63) is 64.2 Å². The second-order valence-corrected chi connectivity index (χ2v) is 6.84. The highest BCUT2D eigenvalue weighted by Crippen LogP contribution is 2.33. The summed E-state index contributed by atoms with van der Waals surface area (Å²) in [6.07, 6.45) is -0.979. The van der Waals surface area contributed by atoms with Crippen LogP contribution in [0.25, 0.3) is 0 Å². The summed E-state index contributed by atoms with van der Waals surface area (Å²) in [6, 6.07) is 10.6. The summed E-state index contributed by atoms with van der Waals surface area (Å²) < 4.78 is 5.15. The second kappa shape index (κ2) is 7.44. The molecule has 1 atom stereocenters. The van der Waals surface area contributed by atoms with E-state index in [9.17, 15) is 19.2 Å². The number of benzene rings is 2. The molecule has 0 saturated heterocycles. The van der Waals surface area contributed by atoms with E-state index in [4.69, 9.17) is 16.3 Å². The lowest BCUT2D eigenvalue weighted by molar-refractivity contribution is -0.137. The van der Waals surface area contributed by atoms with Crippen molar-refractivity contribution in [1.82, 2.24) is 4.90 Å². The van der Waals surface area contributed by atoms with Crippen LogP contribution in [-0.2, 0) is 9.53 Å². The minimum atomic E-state index is -0.979. The Kier molecular flexibility index (Phi) is 5.20. The molecular formula is C20H17ClN2O5. The normalized spacial score (nSPS) is 13.9. The van der Waals surface area contributed by atoms with Crippen molar-refractivity contribution in [2.75, 3.05) is 19.0 Å². The van der Waals surface area contributed by atoms with Crippen molar-refractivity contribution in [2.24, 2.45) is 0 Å². The van der Waals surface area contributed by atoms with Gasteiger partial charge in [-0.1, -0.05) is 23.7 Å². The number of halogens is 1. The molecule has 0 aromatic heterocycles. The van der Waals surface area contributed by atoms with E-state index in [0.29, 0.717) is 0 Å². The van der Waals surface area contributed by atoms with Crippen molar-refractivity contribution < 1.29 is 23.9 Å².